The fourth-order valence-electron chi connectivity index (χ4n) is 2.17. The lowest BCUT2D eigenvalue weighted by Crippen LogP contribution is -2.65. The number of piperidine rings is 2. The number of amides is 1. The van der Waals surface area contributed by atoms with Crippen molar-refractivity contribution in [3.8, 4) is 0 Å². The number of hydrogen-bond acceptors (Lipinski definition) is 2. The van der Waals surface area contributed by atoms with Crippen molar-refractivity contribution in [2.45, 2.75) is 37.3 Å². The van der Waals surface area contributed by atoms with E-state index in [2.05, 4.69) is 10.6 Å². The molecule has 3 nitrogen and oxygen atoms in total. The summed E-state index contributed by atoms with van der Waals surface area (Å²) in [6, 6.07) is 0.470. The number of nitrogens with one attached hydrogen (secondary N) is 2. The van der Waals surface area contributed by atoms with Gasteiger partial charge in [-0.15, -0.1) is 0 Å². The second-order valence-electron chi connectivity index (χ2n) is 3.58. The molecular formula is C8H14N2O. The second kappa shape index (κ2) is 2.21. The Morgan fingerprint density at radius 2 is 2.18 bits per heavy atom. The highest BCUT2D eigenvalue weighted by molar-refractivity contribution is 5.88. The fraction of sp³-hybridized carbons (Fsp3) is 0.875. The predicted octanol–water partition coefficient (Wildman–Crippen LogP) is 0.0170. The largest absolute Gasteiger partial charge is 0.352 e. The minimum atomic E-state index is -0.214. The number of rotatable bonds is 1. The Bertz CT molecular complexity index is 183. The van der Waals surface area contributed by atoms with E-state index in [9.17, 15) is 4.79 Å². The van der Waals surface area contributed by atoms with Gasteiger partial charge < -0.3 is 10.6 Å². The Balaban J connectivity index is 2.23. The SMILES string of the molecule is CNC12CCC(CC1)NC2=O. The zero-order chi connectivity index (χ0) is 7.90. The molecule has 1 amide bonds. The van der Waals surface area contributed by atoms with E-state index in [4.69, 9.17) is 0 Å². The maximum atomic E-state index is 11.4. The minimum absolute atomic E-state index is 0.211. The molecule has 3 fully saturated rings. The van der Waals surface area contributed by atoms with Crippen LogP contribution in [0.25, 0.3) is 0 Å². The maximum Gasteiger partial charge on any atom is 0.240 e. The van der Waals surface area contributed by atoms with Crippen molar-refractivity contribution in [2.75, 3.05) is 7.05 Å². The van der Waals surface area contributed by atoms with Crippen molar-refractivity contribution >= 4 is 5.91 Å². The van der Waals surface area contributed by atoms with Crippen molar-refractivity contribution in [1.82, 2.24) is 10.6 Å². The van der Waals surface area contributed by atoms with Gasteiger partial charge in [0.25, 0.3) is 0 Å². The van der Waals surface area contributed by atoms with Crippen LogP contribution in [0.4, 0.5) is 0 Å². The Morgan fingerprint density at radius 3 is 2.55 bits per heavy atom. The standard InChI is InChI=1S/C8H14N2O/c1-9-8-4-2-6(3-5-8)10-7(8)11/h6,9H,2-5H2,1H3,(H,10,11). The predicted molar refractivity (Wildman–Crippen MR) is 42.2 cm³/mol. The Kier molecular flexibility index (Phi) is 1.42. The quantitative estimate of drug-likeness (QED) is 0.559. The molecule has 0 atom stereocenters. The van der Waals surface area contributed by atoms with Gasteiger partial charge in [0.1, 0.15) is 0 Å². The Hall–Kier alpha value is -0.570. The zero-order valence-electron chi connectivity index (χ0n) is 6.81. The van der Waals surface area contributed by atoms with Crippen LogP contribution in [0, 0.1) is 0 Å². The van der Waals surface area contributed by atoms with E-state index in [1.807, 2.05) is 7.05 Å². The van der Waals surface area contributed by atoms with Gasteiger partial charge in [0.05, 0.1) is 5.54 Å². The van der Waals surface area contributed by atoms with Gasteiger partial charge in [0.15, 0.2) is 0 Å². The molecule has 1 saturated carbocycles. The van der Waals surface area contributed by atoms with E-state index >= 15 is 0 Å². The van der Waals surface area contributed by atoms with Crippen molar-refractivity contribution in [2.24, 2.45) is 0 Å². The average Bonchev–Trinajstić information content (AvgIpc) is 2.07. The van der Waals surface area contributed by atoms with E-state index < -0.39 is 0 Å². The van der Waals surface area contributed by atoms with Gasteiger partial charge in [-0.1, -0.05) is 0 Å². The van der Waals surface area contributed by atoms with Gasteiger partial charge in [0.2, 0.25) is 5.91 Å². The molecule has 2 aliphatic heterocycles. The summed E-state index contributed by atoms with van der Waals surface area (Å²) in [5, 5.41) is 6.15. The van der Waals surface area contributed by atoms with Crippen LogP contribution in [0.1, 0.15) is 25.7 Å². The van der Waals surface area contributed by atoms with Gasteiger partial charge in [-0.2, -0.15) is 0 Å². The molecule has 0 spiro atoms. The highest BCUT2D eigenvalue weighted by Crippen LogP contribution is 2.33. The minimum Gasteiger partial charge on any atom is -0.352 e. The van der Waals surface area contributed by atoms with Crippen LogP contribution in [-0.2, 0) is 4.79 Å². The first kappa shape index (κ1) is 7.10. The molecule has 62 valence electrons. The van der Waals surface area contributed by atoms with Gasteiger partial charge >= 0.3 is 0 Å². The molecule has 3 heteroatoms. The topological polar surface area (TPSA) is 41.1 Å². The third kappa shape index (κ3) is 0.872. The lowest BCUT2D eigenvalue weighted by molar-refractivity contribution is -0.134. The maximum absolute atomic E-state index is 11.4. The molecular weight excluding hydrogens is 140 g/mol. The van der Waals surface area contributed by atoms with Crippen molar-refractivity contribution in [1.29, 1.82) is 0 Å². The van der Waals surface area contributed by atoms with E-state index in [-0.39, 0.29) is 11.4 Å². The average molecular weight is 154 g/mol. The van der Waals surface area contributed by atoms with Crippen LogP contribution in [0.5, 0.6) is 0 Å². The summed E-state index contributed by atoms with van der Waals surface area (Å²) in [5.74, 6) is 0.211. The van der Waals surface area contributed by atoms with E-state index in [0.29, 0.717) is 6.04 Å². The van der Waals surface area contributed by atoms with E-state index in [1.54, 1.807) is 0 Å². The number of likely N-dealkylation sites (N-methyl/N-ethyl adjacent to an activating group) is 1. The number of carbonyl (C=O) groups is 1. The molecule has 3 rings (SSSR count). The van der Waals surface area contributed by atoms with Crippen LogP contribution in [0.2, 0.25) is 0 Å². The summed E-state index contributed by atoms with van der Waals surface area (Å²) in [7, 11) is 1.88. The summed E-state index contributed by atoms with van der Waals surface area (Å²) in [5.41, 5.74) is -0.214. The highest BCUT2D eigenvalue weighted by atomic mass is 16.2. The first-order chi connectivity index (χ1) is 5.27. The summed E-state index contributed by atoms with van der Waals surface area (Å²) in [4.78, 5) is 11.4. The smallest absolute Gasteiger partial charge is 0.240 e. The second-order valence-corrected chi connectivity index (χ2v) is 3.58. The molecule has 2 heterocycles. The molecule has 2 saturated heterocycles. The van der Waals surface area contributed by atoms with Gasteiger partial charge in [-0.3, -0.25) is 4.79 Å². The van der Waals surface area contributed by atoms with Crippen LogP contribution >= 0.6 is 0 Å². The molecule has 2 N–H and O–H groups in total. The molecule has 0 radical (unpaired) electrons. The summed E-state index contributed by atoms with van der Waals surface area (Å²) < 4.78 is 0. The molecule has 0 unspecified atom stereocenters. The first-order valence-corrected chi connectivity index (χ1v) is 4.27. The van der Waals surface area contributed by atoms with Crippen molar-refractivity contribution in [3.05, 3.63) is 0 Å². The lowest BCUT2D eigenvalue weighted by Gasteiger charge is -2.45. The van der Waals surface area contributed by atoms with Crippen LogP contribution in [-0.4, -0.2) is 24.5 Å². The zero-order valence-corrected chi connectivity index (χ0v) is 6.81. The third-order valence-corrected chi connectivity index (χ3v) is 3.09. The molecule has 3 aliphatic rings. The number of hydrogen-bond donors (Lipinski definition) is 2. The highest BCUT2D eigenvalue weighted by Gasteiger charge is 2.45. The van der Waals surface area contributed by atoms with E-state index in [1.165, 1.54) is 0 Å². The molecule has 2 bridgehead atoms. The van der Waals surface area contributed by atoms with Crippen molar-refractivity contribution < 1.29 is 4.79 Å². The normalized spacial score (nSPS) is 42.3. The number of carbonyl (C=O) groups excluding carboxylic acids is 1. The van der Waals surface area contributed by atoms with Gasteiger partial charge in [-0.25, -0.2) is 0 Å². The first-order valence-electron chi connectivity index (χ1n) is 4.27. The summed E-state index contributed by atoms with van der Waals surface area (Å²) in [6.07, 6.45) is 4.32. The van der Waals surface area contributed by atoms with Crippen LogP contribution in [0.15, 0.2) is 0 Å². The lowest BCUT2D eigenvalue weighted by atomic mass is 9.74. The van der Waals surface area contributed by atoms with Crippen LogP contribution in [0.3, 0.4) is 0 Å². The Labute approximate surface area is 66.5 Å². The summed E-state index contributed by atoms with van der Waals surface area (Å²) >= 11 is 0. The Morgan fingerprint density at radius 1 is 1.55 bits per heavy atom. The molecule has 0 aromatic carbocycles. The summed E-state index contributed by atoms with van der Waals surface area (Å²) in [6.45, 7) is 0. The molecule has 11 heavy (non-hydrogen) atoms. The van der Waals surface area contributed by atoms with E-state index in [0.717, 1.165) is 25.7 Å². The van der Waals surface area contributed by atoms with Gasteiger partial charge in [-0.05, 0) is 32.7 Å². The van der Waals surface area contributed by atoms with Crippen LogP contribution < -0.4 is 10.6 Å². The molecule has 1 aliphatic carbocycles. The van der Waals surface area contributed by atoms with Crippen molar-refractivity contribution in [3.63, 3.8) is 0 Å². The molecule has 0 aromatic rings. The monoisotopic (exact) mass is 154 g/mol. The number of fused-ring (bicyclic) bond motifs is 3. The molecule has 0 aromatic heterocycles. The third-order valence-electron chi connectivity index (χ3n) is 3.09. The fourth-order valence-corrected chi connectivity index (χ4v) is 2.17. The van der Waals surface area contributed by atoms with Gasteiger partial charge in [0, 0.05) is 6.04 Å².